The quantitative estimate of drug-likeness (QED) is 0.743. The Hall–Kier alpha value is -1.52. The molecule has 0 aromatic heterocycles. The highest BCUT2D eigenvalue weighted by molar-refractivity contribution is 8.24. The minimum absolute atomic E-state index is 0.563. The van der Waals surface area contributed by atoms with E-state index in [1.807, 2.05) is 29.7 Å². The van der Waals surface area contributed by atoms with E-state index in [-0.39, 0.29) is 0 Å². The van der Waals surface area contributed by atoms with Crippen LogP contribution in [0.15, 0.2) is 53.9 Å². The van der Waals surface area contributed by atoms with E-state index in [0.717, 1.165) is 23.2 Å². The summed E-state index contributed by atoms with van der Waals surface area (Å²) in [5.41, 5.74) is 0. The molecule has 0 saturated carbocycles. The van der Waals surface area contributed by atoms with Crippen LogP contribution in [0.3, 0.4) is 0 Å². The molecule has 0 radical (unpaired) electrons. The molecule has 3 rings (SSSR count). The topological polar surface area (TPSA) is 12.5 Å². The van der Waals surface area contributed by atoms with Crippen molar-refractivity contribution in [3.63, 3.8) is 0 Å². The molecule has 1 fully saturated rings. The normalized spacial score (nSPS) is 14.8. The van der Waals surface area contributed by atoms with Crippen molar-refractivity contribution in [1.82, 2.24) is 4.90 Å². The van der Waals surface area contributed by atoms with Crippen LogP contribution >= 0.6 is 24.0 Å². The molecule has 0 spiro atoms. The van der Waals surface area contributed by atoms with Crippen molar-refractivity contribution < 1.29 is 4.74 Å². The molecule has 1 aliphatic rings. The Morgan fingerprint density at radius 2 is 1.91 bits per heavy atom. The smallest absolute Gasteiger partial charge is 0.140 e. The van der Waals surface area contributed by atoms with Crippen LogP contribution < -0.4 is 4.74 Å². The van der Waals surface area contributed by atoms with Gasteiger partial charge in [0.05, 0.1) is 0 Å². The summed E-state index contributed by atoms with van der Waals surface area (Å²) in [5, 5.41) is 4.47. The second-order valence-electron chi connectivity index (χ2n) is 5.27. The van der Waals surface area contributed by atoms with Gasteiger partial charge in [-0.1, -0.05) is 54.3 Å². The second-order valence-corrected chi connectivity index (χ2v) is 6.81. The van der Waals surface area contributed by atoms with Gasteiger partial charge in [-0.15, -0.1) is 0 Å². The summed E-state index contributed by atoms with van der Waals surface area (Å²) < 4.78 is 6.74. The van der Waals surface area contributed by atoms with E-state index in [9.17, 15) is 0 Å². The molecule has 114 valence electrons. The third kappa shape index (κ3) is 4.02. The van der Waals surface area contributed by atoms with Gasteiger partial charge in [0.25, 0.3) is 0 Å². The standard InChI is InChI=1S/C18H19NOS2/c21-18(19-10-3-4-11-19)22-13-5-12-20-17-9-8-15-6-1-2-7-16(15)14-17/h1-2,5-9,13-14H,3-4,10-12H2/b13-5-. The molecule has 0 atom stereocenters. The van der Waals surface area contributed by atoms with Crippen LogP contribution in [0.1, 0.15) is 12.8 Å². The maximum absolute atomic E-state index is 5.76. The van der Waals surface area contributed by atoms with Crippen molar-refractivity contribution in [2.75, 3.05) is 19.7 Å². The van der Waals surface area contributed by atoms with E-state index in [4.69, 9.17) is 17.0 Å². The number of thioether (sulfide) groups is 1. The number of thiocarbonyl (C=S) groups is 1. The summed E-state index contributed by atoms with van der Waals surface area (Å²) in [4.78, 5) is 2.27. The van der Waals surface area contributed by atoms with E-state index in [2.05, 4.69) is 29.2 Å². The molecule has 2 aromatic carbocycles. The van der Waals surface area contributed by atoms with Crippen LogP contribution in [-0.2, 0) is 0 Å². The fourth-order valence-electron chi connectivity index (χ4n) is 2.52. The molecule has 0 amide bonds. The summed E-state index contributed by atoms with van der Waals surface area (Å²) in [7, 11) is 0. The van der Waals surface area contributed by atoms with Crippen LogP contribution in [0.4, 0.5) is 0 Å². The fraction of sp³-hybridized carbons (Fsp3) is 0.278. The molecule has 0 unspecified atom stereocenters. The van der Waals surface area contributed by atoms with Crippen LogP contribution in [0.25, 0.3) is 10.8 Å². The molecule has 0 aliphatic carbocycles. The lowest BCUT2D eigenvalue weighted by atomic mass is 10.1. The number of hydrogen-bond acceptors (Lipinski definition) is 3. The van der Waals surface area contributed by atoms with Crippen LogP contribution in [-0.4, -0.2) is 28.9 Å². The maximum atomic E-state index is 5.76. The molecule has 22 heavy (non-hydrogen) atoms. The molecule has 2 nitrogen and oxygen atoms in total. The molecule has 4 heteroatoms. The predicted molar refractivity (Wildman–Crippen MR) is 99.6 cm³/mol. The zero-order valence-electron chi connectivity index (χ0n) is 12.4. The lowest BCUT2D eigenvalue weighted by Crippen LogP contribution is -2.22. The first-order chi connectivity index (χ1) is 10.8. The maximum Gasteiger partial charge on any atom is 0.140 e. The first-order valence-corrected chi connectivity index (χ1v) is 8.84. The second kappa shape index (κ2) is 7.65. The number of ether oxygens (including phenoxy) is 1. The van der Waals surface area contributed by atoms with Gasteiger partial charge in [-0.05, 0) is 47.2 Å². The summed E-state index contributed by atoms with van der Waals surface area (Å²) in [5.74, 6) is 0.899. The van der Waals surface area contributed by atoms with E-state index in [1.54, 1.807) is 11.8 Å². The minimum Gasteiger partial charge on any atom is -0.489 e. The fourth-order valence-corrected chi connectivity index (χ4v) is 3.49. The van der Waals surface area contributed by atoms with Crippen LogP contribution in [0, 0.1) is 0 Å². The van der Waals surface area contributed by atoms with Crippen molar-refractivity contribution >= 4 is 39.1 Å². The molecular weight excluding hydrogens is 310 g/mol. The Morgan fingerprint density at radius 3 is 2.73 bits per heavy atom. The van der Waals surface area contributed by atoms with Crippen molar-refractivity contribution in [1.29, 1.82) is 0 Å². The minimum atomic E-state index is 0.563. The molecule has 1 saturated heterocycles. The third-order valence-corrected chi connectivity index (χ3v) is 5.03. The van der Waals surface area contributed by atoms with Crippen LogP contribution in [0.5, 0.6) is 5.75 Å². The molecular formula is C18H19NOS2. The summed E-state index contributed by atoms with van der Waals surface area (Å²) in [6.07, 6.45) is 4.53. The number of likely N-dealkylation sites (tertiary alicyclic amines) is 1. The first-order valence-electron chi connectivity index (χ1n) is 7.55. The number of benzene rings is 2. The van der Waals surface area contributed by atoms with Gasteiger partial charge < -0.3 is 9.64 Å². The van der Waals surface area contributed by atoms with E-state index < -0.39 is 0 Å². The highest BCUT2D eigenvalue weighted by Crippen LogP contribution is 2.21. The SMILES string of the molecule is S=C(S/C=C\COc1ccc2ccccc2c1)N1CCCC1. The molecule has 1 aliphatic heterocycles. The number of nitrogens with zero attached hydrogens (tertiary/aromatic N) is 1. The lowest BCUT2D eigenvalue weighted by molar-refractivity contribution is 0.363. The van der Waals surface area contributed by atoms with Crippen molar-refractivity contribution in [3.8, 4) is 5.75 Å². The van der Waals surface area contributed by atoms with Gasteiger partial charge in [0.1, 0.15) is 16.7 Å². The average Bonchev–Trinajstić information content (AvgIpc) is 3.09. The van der Waals surface area contributed by atoms with Gasteiger partial charge in [0, 0.05) is 13.1 Å². The molecule has 0 N–H and O–H groups in total. The van der Waals surface area contributed by atoms with Gasteiger partial charge >= 0.3 is 0 Å². The van der Waals surface area contributed by atoms with Crippen LogP contribution in [0.2, 0.25) is 0 Å². The van der Waals surface area contributed by atoms with Gasteiger partial charge in [0.2, 0.25) is 0 Å². The van der Waals surface area contributed by atoms with Crippen molar-refractivity contribution in [2.24, 2.45) is 0 Å². The van der Waals surface area contributed by atoms with Gasteiger partial charge in [-0.3, -0.25) is 0 Å². The highest BCUT2D eigenvalue weighted by Gasteiger charge is 2.13. The van der Waals surface area contributed by atoms with Gasteiger partial charge in [-0.2, -0.15) is 0 Å². The van der Waals surface area contributed by atoms with E-state index in [0.29, 0.717) is 6.61 Å². The average molecular weight is 329 g/mol. The lowest BCUT2D eigenvalue weighted by Gasteiger charge is -2.15. The largest absolute Gasteiger partial charge is 0.489 e. The summed E-state index contributed by atoms with van der Waals surface area (Å²) in [6.45, 7) is 2.77. The monoisotopic (exact) mass is 329 g/mol. The Morgan fingerprint density at radius 1 is 1.14 bits per heavy atom. The van der Waals surface area contributed by atoms with Gasteiger partial charge in [0.15, 0.2) is 0 Å². The van der Waals surface area contributed by atoms with Crippen molar-refractivity contribution in [3.05, 3.63) is 53.9 Å². The Bertz CT molecular complexity index is 678. The number of hydrogen-bond donors (Lipinski definition) is 0. The zero-order valence-corrected chi connectivity index (χ0v) is 14.0. The zero-order chi connectivity index (χ0) is 15.2. The van der Waals surface area contributed by atoms with Crippen molar-refractivity contribution in [2.45, 2.75) is 12.8 Å². The van der Waals surface area contributed by atoms with E-state index >= 15 is 0 Å². The summed E-state index contributed by atoms with van der Waals surface area (Å²) in [6, 6.07) is 14.5. The molecule has 1 heterocycles. The van der Waals surface area contributed by atoms with Gasteiger partial charge in [-0.25, -0.2) is 0 Å². The number of fused-ring (bicyclic) bond motifs is 1. The van der Waals surface area contributed by atoms with E-state index in [1.165, 1.54) is 23.6 Å². The summed E-state index contributed by atoms with van der Waals surface area (Å²) >= 11 is 7.01. The Labute approximate surface area is 141 Å². The predicted octanol–water partition coefficient (Wildman–Crippen LogP) is 4.85. The molecule has 0 bridgehead atoms. The third-order valence-electron chi connectivity index (χ3n) is 3.70. The first kappa shape index (κ1) is 15.4. The molecule has 2 aromatic rings. The Kier molecular flexibility index (Phi) is 5.35. The Balaban J connectivity index is 1.47. The highest BCUT2D eigenvalue weighted by atomic mass is 32.2. The number of rotatable bonds is 4.